The van der Waals surface area contributed by atoms with Crippen molar-refractivity contribution in [2.75, 3.05) is 4.90 Å². The van der Waals surface area contributed by atoms with Crippen molar-refractivity contribution in [3.8, 4) is 0 Å². The monoisotopic (exact) mass is 281 g/mol. The molecule has 0 aromatic heterocycles. The number of anilines is 1. The van der Waals surface area contributed by atoms with Gasteiger partial charge in [-0.2, -0.15) is 0 Å². The first-order valence-electron chi connectivity index (χ1n) is 6.83. The number of fused-ring (bicyclic) bond motifs is 1. The zero-order valence-corrected chi connectivity index (χ0v) is 11.4. The highest BCUT2D eigenvalue weighted by Crippen LogP contribution is 2.32. The Kier molecular flexibility index (Phi) is 3.44. The lowest BCUT2D eigenvalue weighted by atomic mass is 10.1. The van der Waals surface area contributed by atoms with Crippen LogP contribution < -0.4 is 4.90 Å². The maximum atomic E-state index is 12.6. The van der Waals surface area contributed by atoms with Crippen LogP contribution in [0, 0.1) is 0 Å². The molecule has 0 bridgehead atoms. The molecular formula is C17H15NO3. The number of amides is 1. The molecule has 0 fully saturated rings. The van der Waals surface area contributed by atoms with Crippen molar-refractivity contribution in [1.29, 1.82) is 0 Å². The van der Waals surface area contributed by atoms with Crippen LogP contribution in [-0.2, 0) is 22.4 Å². The van der Waals surface area contributed by atoms with Crippen LogP contribution in [0.2, 0.25) is 0 Å². The van der Waals surface area contributed by atoms with E-state index in [0.717, 1.165) is 11.1 Å². The van der Waals surface area contributed by atoms with Crippen LogP contribution >= 0.6 is 0 Å². The number of para-hydroxylation sites is 1. The summed E-state index contributed by atoms with van der Waals surface area (Å²) in [5.41, 5.74) is 2.51. The van der Waals surface area contributed by atoms with Crippen molar-refractivity contribution < 1.29 is 14.7 Å². The predicted octanol–water partition coefficient (Wildman–Crippen LogP) is 2.27. The van der Waals surface area contributed by atoms with E-state index in [1.54, 1.807) is 6.07 Å². The second kappa shape index (κ2) is 5.40. The molecular weight excluding hydrogens is 266 g/mol. The first-order chi connectivity index (χ1) is 10.2. The van der Waals surface area contributed by atoms with Gasteiger partial charge in [0.05, 0.1) is 6.42 Å². The lowest BCUT2D eigenvalue weighted by Gasteiger charge is -2.22. The summed E-state index contributed by atoms with van der Waals surface area (Å²) in [4.78, 5) is 25.4. The topological polar surface area (TPSA) is 57.6 Å². The average Bonchev–Trinajstić information content (AvgIpc) is 2.88. The number of hydrogen-bond donors (Lipinski definition) is 1. The highest BCUT2D eigenvalue weighted by molar-refractivity contribution is 6.02. The summed E-state index contributed by atoms with van der Waals surface area (Å²) in [5, 5.41) is 9.38. The van der Waals surface area contributed by atoms with Gasteiger partial charge in [-0.3, -0.25) is 9.69 Å². The lowest BCUT2D eigenvalue weighted by molar-refractivity contribution is -0.139. The van der Waals surface area contributed by atoms with E-state index in [4.69, 9.17) is 0 Å². The van der Waals surface area contributed by atoms with Gasteiger partial charge in [-0.05, 0) is 17.2 Å². The fourth-order valence-corrected chi connectivity index (χ4v) is 2.75. The van der Waals surface area contributed by atoms with Gasteiger partial charge >= 0.3 is 5.97 Å². The molecule has 0 aliphatic carbocycles. The van der Waals surface area contributed by atoms with Crippen molar-refractivity contribution >= 4 is 17.6 Å². The summed E-state index contributed by atoms with van der Waals surface area (Å²) in [7, 11) is 0. The third-order valence-electron chi connectivity index (χ3n) is 3.73. The van der Waals surface area contributed by atoms with E-state index in [0.29, 0.717) is 12.1 Å². The molecule has 0 radical (unpaired) electrons. The largest absolute Gasteiger partial charge is 0.480 e. The molecule has 21 heavy (non-hydrogen) atoms. The normalized spacial score (nSPS) is 16.6. The molecule has 4 nitrogen and oxygen atoms in total. The number of benzene rings is 2. The average molecular weight is 281 g/mol. The summed E-state index contributed by atoms with van der Waals surface area (Å²) in [6.45, 7) is 0. The minimum absolute atomic E-state index is 0.182. The molecule has 0 saturated heterocycles. The molecule has 1 N–H and O–H groups in total. The second-order valence-corrected chi connectivity index (χ2v) is 5.11. The van der Waals surface area contributed by atoms with Crippen LogP contribution in [0.3, 0.4) is 0 Å². The van der Waals surface area contributed by atoms with Crippen LogP contribution in [0.15, 0.2) is 54.6 Å². The molecule has 2 aromatic rings. The van der Waals surface area contributed by atoms with E-state index in [1.807, 2.05) is 48.5 Å². The number of carbonyl (C=O) groups is 2. The first-order valence-corrected chi connectivity index (χ1v) is 6.83. The van der Waals surface area contributed by atoms with Crippen molar-refractivity contribution in [1.82, 2.24) is 0 Å². The minimum atomic E-state index is -0.965. The quantitative estimate of drug-likeness (QED) is 0.939. The third-order valence-corrected chi connectivity index (χ3v) is 3.73. The van der Waals surface area contributed by atoms with Gasteiger partial charge in [0.15, 0.2) is 0 Å². The van der Waals surface area contributed by atoms with Crippen molar-refractivity contribution in [2.24, 2.45) is 0 Å². The maximum Gasteiger partial charge on any atom is 0.327 e. The second-order valence-electron chi connectivity index (χ2n) is 5.11. The number of aliphatic carboxylic acids is 1. The number of rotatable bonds is 3. The van der Waals surface area contributed by atoms with Gasteiger partial charge in [-0.25, -0.2) is 4.79 Å². The number of carboxylic acids is 1. The fourth-order valence-electron chi connectivity index (χ4n) is 2.75. The van der Waals surface area contributed by atoms with E-state index in [2.05, 4.69) is 0 Å². The van der Waals surface area contributed by atoms with Gasteiger partial charge in [0, 0.05) is 12.1 Å². The molecule has 1 heterocycles. The Morgan fingerprint density at radius 2 is 1.71 bits per heavy atom. The van der Waals surface area contributed by atoms with Gasteiger partial charge in [0.1, 0.15) is 6.04 Å². The van der Waals surface area contributed by atoms with Crippen molar-refractivity contribution in [3.63, 3.8) is 0 Å². The SMILES string of the molecule is O=C(O)[C@@H]1Cc2ccccc2N1C(=O)Cc1ccccc1. The Hall–Kier alpha value is -2.62. The van der Waals surface area contributed by atoms with E-state index >= 15 is 0 Å². The summed E-state index contributed by atoms with van der Waals surface area (Å²) >= 11 is 0. The molecule has 1 amide bonds. The van der Waals surface area contributed by atoms with Crippen molar-refractivity contribution in [3.05, 3.63) is 65.7 Å². The Bertz CT molecular complexity index is 681. The van der Waals surface area contributed by atoms with Gasteiger partial charge in [-0.15, -0.1) is 0 Å². The molecule has 106 valence electrons. The number of carbonyl (C=O) groups excluding carboxylic acids is 1. The molecule has 1 atom stereocenters. The molecule has 1 aliphatic heterocycles. The fraction of sp³-hybridized carbons (Fsp3) is 0.176. The minimum Gasteiger partial charge on any atom is -0.480 e. The third kappa shape index (κ3) is 2.52. The van der Waals surface area contributed by atoms with Gasteiger partial charge in [0.25, 0.3) is 0 Å². The zero-order chi connectivity index (χ0) is 14.8. The highest BCUT2D eigenvalue weighted by Gasteiger charge is 2.37. The van der Waals surface area contributed by atoms with E-state index in [1.165, 1.54) is 4.90 Å². The Morgan fingerprint density at radius 1 is 1.05 bits per heavy atom. The van der Waals surface area contributed by atoms with Crippen LogP contribution in [-0.4, -0.2) is 23.0 Å². The van der Waals surface area contributed by atoms with E-state index < -0.39 is 12.0 Å². The summed E-state index contributed by atoms with van der Waals surface area (Å²) in [6.07, 6.45) is 0.574. The summed E-state index contributed by atoms with van der Waals surface area (Å²) in [6, 6.07) is 15.9. The Balaban J connectivity index is 1.91. The smallest absolute Gasteiger partial charge is 0.327 e. The standard InChI is InChI=1S/C17H15NO3/c19-16(10-12-6-2-1-3-7-12)18-14-9-5-4-8-13(14)11-15(18)17(20)21/h1-9,15H,10-11H2,(H,20,21)/t15-/m0/s1. The van der Waals surface area contributed by atoms with Crippen molar-refractivity contribution in [2.45, 2.75) is 18.9 Å². The maximum absolute atomic E-state index is 12.6. The Morgan fingerprint density at radius 3 is 2.43 bits per heavy atom. The molecule has 0 unspecified atom stereocenters. The highest BCUT2D eigenvalue weighted by atomic mass is 16.4. The van der Waals surface area contributed by atoms with E-state index in [9.17, 15) is 14.7 Å². The molecule has 4 heteroatoms. The zero-order valence-electron chi connectivity index (χ0n) is 11.4. The summed E-state index contributed by atoms with van der Waals surface area (Å²) < 4.78 is 0. The lowest BCUT2D eigenvalue weighted by Crippen LogP contribution is -2.43. The number of nitrogens with zero attached hydrogens (tertiary/aromatic N) is 1. The number of hydrogen-bond acceptors (Lipinski definition) is 2. The van der Waals surface area contributed by atoms with E-state index in [-0.39, 0.29) is 12.3 Å². The van der Waals surface area contributed by atoms with Crippen LogP contribution in [0.1, 0.15) is 11.1 Å². The molecule has 0 spiro atoms. The first kappa shape index (κ1) is 13.4. The summed E-state index contributed by atoms with van der Waals surface area (Å²) in [5.74, 6) is -1.15. The molecule has 3 rings (SSSR count). The van der Waals surface area contributed by atoms with Crippen LogP contribution in [0.5, 0.6) is 0 Å². The number of carboxylic acid groups (broad SMARTS) is 1. The van der Waals surface area contributed by atoms with Gasteiger partial charge in [-0.1, -0.05) is 48.5 Å². The van der Waals surface area contributed by atoms with Crippen LogP contribution in [0.25, 0.3) is 0 Å². The van der Waals surface area contributed by atoms with Gasteiger partial charge in [0.2, 0.25) is 5.91 Å². The predicted molar refractivity (Wildman–Crippen MR) is 79.2 cm³/mol. The molecule has 0 saturated carbocycles. The van der Waals surface area contributed by atoms with Crippen LogP contribution in [0.4, 0.5) is 5.69 Å². The molecule has 2 aromatic carbocycles. The molecule has 1 aliphatic rings. The van der Waals surface area contributed by atoms with Gasteiger partial charge < -0.3 is 5.11 Å². The Labute approximate surface area is 122 Å².